The van der Waals surface area contributed by atoms with Gasteiger partial charge in [-0.25, -0.2) is 0 Å². The molecule has 4 heteroatoms. The van der Waals surface area contributed by atoms with Gasteiger partial charge in [0.15, 0.2) is 0 Å². The summed E-state index contributed by atoms with van der Waals surface area (Å²) < 4.78 is 4.59. The molecule has 0 radical (unpaired) electrons. The predicted molar refractivity (Wildman–Crippen MR) is 89.3 cm³/mol. The van der Waals surface area contributed by atoms with Crippen molar-refractivity contribution < 1.29 is 9.53 Å². The summed E-state index contributed by atoms with van der Waals surface area (Å²) in [4.78, 5) is 10.9. The molecule has 0 aromatic rings. The first-order valence-electron chi connectivity index (χ1n) is 7.51. The largest absolute Gasteiger partial charge is 0.468 e. The van der Waals surface area contributed by atoms with Crippen LogP contribution in [-0.2, 0) is 9.53 Å². The maximum atomic E-state index is 10.9. The van der Waals surface area contributed by atoms with E-state index in [1.165, 1.54) is 71.3 Å². The van der Waals surface area contributed by atoms with Crippen LogP contribution in [0.3, 0.4) is 0 Å². The molecule has 19 heavy (non-hydrogen) atoms. The van der Waals surface area contributed by atoms with Gasteiger partial charge in [0.05, 0.1) is 12.9 Å². The first-order valence-corrected chi connectivity index (χ1v) is 9.79. The molecule has 0 heterocycles. The van der Waals surface area contributed by atoms with Gasteiger partial charge >= 0.3 is 5.97 Å². The van der Waals surface area contributed by atoms with Crippen LogP contribution in [0.4, 0.5) is 0 Å². The fourth-order valence-corrected chi connectivity index (χ4v) is 3.16. The summed E-state index contributed by atoms with van der Waals surface area (Å²) in [7, 11) is 1.45. The summed E-state index contributed by atoms with van der Waals surface area (Å²) in [5.74, 6) is 1.48. The maximum Gasteiger partial charge on any atom is 0.315 e. The van der Waals surface area contributed by atoms with Crippen LogP contribution >= 0.6 is 27.7 Å². The first-order chi connectivity index (χ1) is 9.31. The average molecular weight is 353 g/mol. The SMILES string of the molecule is COC(=O)CSCCCCCCCCCCCCBr. The van der Waals surface area contributed by atoms with Crippen molar-refractivity contribution in [2.45, 2.75) is 64.2 Å². The molecule has 0 atom stereocenters. The quantitative estimate of drug-likeness (QED) is 0.244. The van der Waals surface area contributed by atoms with Crippen LogP contribution in [0, 0.1) is 0 Å². The summed E-state index contributed by atoms with van der Waals surface area (Å²) in [6, 6.07) is 0. The van der Waals surface area contributed by atoms with Crippen molar-refractivity contribution in [2.24, 2.45) is 0 Å². The van der Waals surface area contributed by atoms with Gasteiger partial charge in [-0.3, -0.25) is 4.79 Å². The lowest BCUT2D eigenvalue weighted by Gasteiger charge is -2.02. The van der Waals surface area contributed by atoms with Gasteiger partial charge in [-0.05, 0) is 18.6 Å². The van der Waals surface area contributed by atoms with E-state index in [2.05, 4.69) is 20.7 Å². The molecule has 0 spiro atoms. The molecule has 0 aromatic heterocycles. The summed E-state index contributed by atoms with van der Waals surface area (Å²) >= 11 is 5.15. The monoisotopic (exact) mass is 352 g/mol. The number of hydrogen-bond acceptors (Lipinski definition) is 3. The molecule has 0 aliphatic heterocycles. The number of carbonyl (C=O) groups is 1. The zero-order valence-electron chi connectivity index (χ0n) is 12.3. The lowest BCUT2D eigenvalue weighted by atomic mass is 10.1. The highest BCUT2D eigenvalue weighted by atomic mass is 79.9. The number of ether oxygens (including phenoxy) is 1. The van der Waals surface area contributed by atoms with Crippen molar-refractivity contribution >= 4 is 33.7 Å². The van der Waals surface area contributed by atoms with E-state index in [4.69, 9.17) is 0 Å². The summed E-state index contributed by atoms with van der Waals surface area (Å²) in [5, 5.41) is 1.15. The standard InChI is InChI=1S/C15H29BrO2S/c1-18-15(17)14-19-13-11-9-7-5-3-2-4-6-8-10-12-16/h2-14H2,1H3. The molecule has 0 amide bonds. The normalized spacial score (nSPS) is 10.6. The summed E-state index contributed by atoms with van der Waals surface area (Å²) in [6.07, 6.45) is 13.6. The van der Waals surface area contributed by atoms with Crippen LogP contribution in [0.1, 0.15) is 64.2 Å². The van der Waals surface area contributed by atoms with E-state index in [0.717, 1.165) is 11.1 Å². The Morgan fingerprint density at radius 1 is 0.895 bits per heavy atom. The molecule has 2 nitrogen and oxygen atoms in total. The Kier molecular flexibility index (Phi) is 16.6. The highest BCUT2D eigenvalue weighted by Crippen LogP contribution is 2.12. The molecule has 0 rings (SSSR count). The molecule has 0 aliphatic carbocycles. The topological polar surface area (TPSA) is 26.3 Å². The fourth-order valence-electron chi connectivity index (χ4n) is 1.93. The molecule has 0 aromatic carbocycles. The minimum Gasteiger partial charge on any atom is -0.468 e. The van der Waals surface area contributed by atoms with Crippen LogP contribution in [0.15, 0.2) is 0 Å². The number of esters is 1. The van der Waals surface area contributed by atoms with Gasteiger partial charge in [-0.2, -0.15) is 11.8 Å². The van der Waals surface area contributed by atoms with Gasteiger partial charge in [0, 0.05) is 5.33 Å². The van der Waals surface area contributed by atoms with Crippen LogP contribution in [-0.4, -0.2) is 29.9 Å². The molecule has 0 N–H and O–H groups in total. The number of carbonyl (C=O) groups excluding carboxylic acids is 1. The molecule has 114 valence electrons. The second kappa shape index (κ2) is 16.4. The second-order valence-electron chi connectivity index (χ2n) is 4.85. The van der Waals surface area contributed by atoms with E-state index in [1.807, 2.05) is 0 Å². The Morgan fingerprint density at radius 3 is 1.84 bits per heavy atom. The van der Waals surface area contributed by atoms with E-state index in [1.54, 1.807) is 11.8 Å². The third-order valence-electron chi connectivity index (χ3n) is 3.12. The van der Waals surface area contributed by atoms with Crippen molar-refractivity contribution in [2.75, 3.05) is 23.9 Å². The zero-order valence-corrected chi connectivity index (χ0v) is 14.7. The van der Waals surface area contributed by atoms with Crippen molar-refractivity contribution in [1.82, 2.24) is 0 Å². The lowest BCUT2D eigenvalue weighted by molar-refractivity contribution is -0.137. The fraction of sp³-hybridized carbons (Fsp3) is 0.933. The van der Waals surface area contributed by atoms with E-state index in [0.29, 0.717) is 5.75 Å². The summed E-state index contributed by atoms with van der Waals surface area (Å²) in [5.41, 5.74) is 0. The number of rotatable bonds is 14. The Balaban J connectivity index is 2.97. The van der Waals surface area contributed by atoms with Gasteiger partial charge in [0.1, 0.15) is 0 Å². The maximum absolute atomic E-state index is 10.9. The number of hydrogen-bond donors (Lipinski definition) is 0. The molecule has 0 saturated heterocycles. The van der Waals surface area contributed by atoms with E-state index < -0.39 is 0 Å². The first kappa shape index (κ1) is 19.3. The van der Waals surface area contributed by atoms with Crippen LogP contribution in [0.5, 0.6) is 0 Å². The molecule has 0 aliphatic rings. The van der Waals surface area contributed by atoms with E-state index in [-0.39, 0.29) is 5.97 Å². The van der Waals surface area contributed by atoms with Gasteiger partial charge in [0.2, 0.25) is 0 Å². The summed E-state index contributed by atoms with van der Waals surface area (Å²) in [6.45, 7) is 0. The van der Waals surface area contributed by atoms with Crippen molar-refractivity contribution in [3.05, 3.63) is 0 Å². The molecular formula is C15H29BrO2S. The highest BCUT2D eigenvalue weighted by Gasteiger charge is 1.99. The molecular weight excluding hydrogens is 324 g/mol. The van der Waals surface area contributed by atoms with Crippen LogP contribution < -0.4 is 0 Å². The minimum atomic E-state index is -0.107. The number of thioether (sulfide) groups is 1. The molecule has 0 fully saturated rings. The third kappa shape index (κ3) is 16.2. The third-order valence-corrected chi connectivity index (χ3v) is 4.70. The van der Waals surface area contributed by atoms with Gasteiger partial charge < -0.3 is 4.74 Å². The van der Waals surface area contributed by atoms with E-state index in [9.17, 15) is 4.79 Å². The van der Waals surface area contributed by atoms with Gasteiger partial charge in [0.25, 0.3) is 0 Å². The van der Waals surface area contributed by atoms with Gasteiger partial charge in [-0.15, -0.1) is 0 Å². The smallest absolute Gasteiger partial charge is 0.315 e. The van der Waals surface area contributed by atoms with E-state index >= 15 is 0 Å². The Hall–Kier alpha value is 0.300. The average Bonchev–Trinajstić information content (AvgIpc) is 2.43. The number of methoxy groups -OCH3 is 1. The minimum absolute atomic E-state index is 0.107. The zero-order chi connectivity index (χ0) is 14.2. The highest BCUT2D eigenvalue weighted by molar-refractivity contribution is 9.09. The molecule has 0 unspecified atom stereocenters. The predicted octanol–water partition coefficient (Wildman–Crippen LogP) is 5.19. The van der Waals surface area contributed by atoms with Crippen molar-refractivity contribution in [3.8, 4) is 0 Å². The lowest BCUT2D eigenvalue weighted by Crippen LogP contribution is -2.03. The van der Waals surface area contributed by atoms with Crippen LogP contribution in [0.25, 0.3) is 0 Å². The van der Waals surface area contributed by atoms with Gasteiger partial charge in [-0.1, -0.05) is 67.3 Å². The number of alkyl halides is 1. The molecule has 0 bridgehead atoms. The van der Waals surface area contributed by atoms with Crippen molar-refractivity contribution in [1.29, 1.82) is 0 Å². The Labute approximate surface area is 131 Å². The molecule has 0 saturated carbocycles. The Bertz CT molecular complexity index is 201. The number of unbranched alkanes of at least 4 members (excludes halogenated alkanes) is 9. The Morgan fingerprint density at radius 2 is 1.37 bits per heavy atom. The number of halogens is 1. The second-order valence-corrected chi connectivity index (χ2v) is 6.75. The van der Waals surface area contributed by atoms with Crippen molar-refractivity contribution in [3.63, 3.8) is 0 Å². The van der Waals surface area contributed by atoms with Crippen LogP contribution in [0.2, 0.25) is 0 Å².